The highest BCUT2D eigenvalue weighted by molar-refractivity contribution is 6.02. The number of H-pyrrole nitrogens is 1. The number of rotatable bonds is 5. The summed E-state index contributed by atoms with van der Waals surface area (Å²) in [4.78, 5) is 44.2. The number of imidazole rings is 1. The number of imide groups is 1. The van der Waals surface area contributed by atoms with E-state index in [0.29, 0.717) is 5.69 Å². The fourth-order valence-electron chi connectivity index (χ4n) is 3.36. The van der Waals surface area contributed by atoms with Gasteiger partial charge in [0.2, 0.25) is 17.7 Å². The molecule has 2 aliphatic heterocycles. The Bertz CT molecular complexity index is 853. The van der Waals surface area contributed by atoms with Gasteiger partial charge in [0.1, 0.15) is 11.9 Å². The van der Waals surface area contributed by atoms with Crippen molar-refractivity contribution in [2.24, 2.45) is 0 Å². The number of carbonyl (C=O) groups is 3. The minimum Gasteiger partial charge on any atom is -0.370 e. The van der Waals surface area contributed by atoms with E-state index < -0.39 is 0 Å². The van der Waals surface area contributed by atoms with Crippen molar-refractivity contribution < 1.29 is 19.1 Å². The minimum absolute atomic E-state index is 0.0102. The molecule has 8 nitrogen and oxygen atoms in total. The third-order valence-electron chi connectivity index (χ3n) is 4.74. The van der Waals surface area contributed by atoms with Gasteiger partial charge < -0.3 is 15.0 Å². The zero-order valence-corrected chi connectivity index (χ0v) is 14.3. The number of carbonyl (C=O) groups excluding carboxylic acids is 3. The van der Waals surface area contributed by atoms with E-state index in [0.717, 1.165) is 41.2 Å². The van der Waals surface area contributed by atoms with E-state index in [1.165, 1.54) is 0 Å². The number of anilines is 1. The van der Waals surface area contributed by atoms with Crippen LogP contribution < -0.4 is 5.32 Å². The molecule has 1 atom stereocenters. The number of nitrogens with one attached hydrogen (secondary N) is 2. The molecule has 1 aromatic heterocycles. The second-order valence-electron chi connectivity index (χ2n) is 6.59. The molecule has 0 spiro atoms. The lowest BCUT2D eigenvalue weighted by Gasteiger charge is -2.13. The van der Waals surface area contributed by atoms with Gasteiger partial charge >= 0.3 is 0 Å². The first-order chi connectivity index (χ1) is 12.6. The maximum Gasteiger partial charge on any atom is 0.229 e. The summed E-state index contributed by atoms with van der Waals surface area (Å²) in [5, 5.41) is 2.80. The van der Waals surface area contributed by atoms with Crippen LogP contribution >= 0.6 is 0 Å². The van der Waals surface area contributed by atoms with Gasteiger partial charge in [0, 0.05) is 38.1 Å². The van der Waals surface area contributed by atoms with Gasteiger partial charge in [0.25, 0.3) is 0 Å². The number of fused-ring (bicyclic) bond motifs is 1. The second-order valence-corrected chi connectivity index (χ2v) is 6.59. The number of aromatic nitrogens is 2. The maximum absolute atomic E-state index is 12.1. The van der Waals surface area contributed by atoms with Gasteiger partial charge in [0.05, 0.1) is 11.0 Å². The van der Waals surface area contributed by atoms with Crippen molar-refractivity contribution in [3.8, 4) is 0 Å². The molecule has 1 aromatic carbocycles. The Morgan fingerprint density at radius 1 is 1.31 bits per heavy atom. The van der Waals surface area contributed by atoms with Crippen LogP contribution in [0.25, 0.3) is 11.0 Å². The smallest absolute Gasteiger partial charge is 0.229 e. The number of likely N-dealkylation sites (tertiary alicyclic amines) is 1. The van der Waals surface area contributed by atoms with E-state index in [1.54, 1.807) is 6.07 Å². The molecule has 1 unspecified atom stereocenters. The number of benzene rings is 1. The SMILES string of the molecule is O=C(CCN1C(=O)CCC1=O)Nc1ccc2nc(C3CCCO3)[nH]c2c1. The van der Waals surface area contributed by atoms with Crippen LogP contribution in [0.4, 0.5) is 5.69 Å². The lowest BCUT2D eigenvalue weighted by atomic mass is 10.2. The van der Waals surface area contributed by atoms with E-state index in [-0.39, 0.29) is 49.6 Å². The number of ether oxygens (including phenoxy) is 1. The largest absolute Gasteiger partial charge is 0.370 e. The molecule has 2 N–H and O–H groups in total. The Labute approximate surface area is 149 Å². The van der Waals surface area contributed by atoms with E-state index in [9.17, 15) is 14.4 Å². The molecule has 0 saturated carbocycles. The predicted molar refractivity (Wildman–Crippen MR) is 93.2 cm³/mol. The molecule has 2 aromatic rings. The Balaban J connectivity index is 1.39. The Hall–Kier alpha value is -2.74. The zero-order chi connectivity index (χ0) is 18.1. The summed E-state index contributed by atoms with van der Waals surface area (Å²) in [6.45, 7) is 0.879. The van der Waals surface area contributed by atoms with E-state index in [2.05, 4.69) is 15.3 Å². The highest BCUT2D eigenvalue weighted by atomic mass is 16.5. The molecule has 0 aliphatic carbocycles. The lowest BCUT2D eigenvalue weighted by molar-refractivity contribution is -0.138. The van der Waals surface area contributed by atoms with Gasteiger partial charge in [-0.1, -0.05) is 0 Å². The normalized spacial score (nSPS) is 20.3. The van der Waals surface area contributed by atoms with Crippen LogP contribution in [0.5, 0.6) is 0 Å². The lowest BCUT2D eigenvalue weighted by Crippen LogP contribution is -2.32. The van der Waals surface area contributed by atoms with Gasteiger partial charge in [-0.3, -0.25) is 19.3 Å². The molecular weight excluding hydrogens is 336 g/mol. The first-order valence-electron chi connectivity index (χ1n) is 8.84. The summed E-state index contributed by atoms with van der Waals surface area (Å²) in [7, 11) is 0. The molecule has 4 rings (SSSR count). The van der Waals surface area contributed by atoms with Crippen LogP contribution in [0.1, 0.15) is 44.0 Å². The van der Waals surface area contributed by atoms with Crippen LogP contribution in [0, 0.1) is 0 Å². The first-order valence-corrected chi connectivity index (χ1v) is 8.84. The summed E-state index contributed by atoms with van der Waals surface area (Å²) in [5.41, 5.74) is 2.30. The number of nitrogens with zero attached hydrogens (tertiary/aromatic N) is 2. The molecule has 136 valence electrons. The summed E-state index contributed by atoms with van der Waals surface area (Å²) < 4.78 is 5.64. The van der Waals surface area contributed by atoms with Crippen molar-refractivity contribution in [3.63, 3.8) is 0 Å². The highest BCUT2D eigenvalue weighted by Crippen LogP contribution is 2.28. The Morgan fingerprint density at radius 2 is 2.12 bits per heavy atom. The van der Waals surface area contributed by atoms with Crippen molar-refractivity contribution in [1.82, 2.24) is 14.9 Å². The molecule has 3 amide bonds. The van der Waals surface area contributed by atoms with Crippen molar-refractivity contribution >= 4 is 34.4 Å². The number of aromatic amines is 1. The molecule has 0 radical (unpaired) electrons. The predicted octanol–water partition coefficient (Wildman–Crippen LogP) is 1.89. The van der Waals surface area contributed by atoms with Gasteiger partial charge in [-0.15, -0.1) is 0 Å². The summed E-state index contributed by atoms with van der Waals surface area (Å²) in [6.07, 6.45) is 2.56. The summed E-state index contributed by atoms with van der Waals surface area (Å²) in [5.74, 6) is 0.162. The summed E-state index contributed by atoms with van der Waals surface area (Å²) in [6, 6.07) is 5.45. The molecule has 3 heterocycles. The molecule has 2 aliphatic rings. The van der Waals surface area contributed by atoms with Crippen LogP contribution in [-0.2, 0) is 19.1 Å². The third-order valence-corrected chi connectivity index (χ3v) is 4.74. The molecule has 0 bridgehead atoms. The molecular formula is C18H20N4O4. The van der Waals surface area contributed by atoms with Crippen molar-refractivity contribution in [1.29, 1.82) is 0 Å². The number of amides is 3. The monoisotopic (exact) mass is 356 g/mol. The third kappa shape index (κ3) is 3.32. The average Bonchev–Trinajstić information content (AvgIpc) is 3.33. The van der Waals surface area contributed by atoms with E-state index >= 15 is 0 Å². The van der Waals surface area contributed by atoms with Crippen molar-refractivity contribution in [3.05, 3.63) is 24.0 Å². The molecule has 8 heteroatoms. The van der Waals surface area contributed by atoms with E-state index in [1.807, 2.05) is 12.1 Å². The van der Waals surface area contributed by atoms with Gasteiger partial charge in [-0.05, 0) is 31.0 Å². The van der Waals surface area contributed by atoms with Crippen LogP contribution in [0.2, 0.25) is 0 Å². The second kappa shape index (κ2) is 6.87. The van der Waals surface area contributed by atoms with Crippen LogP contribution in [-0.4, -0.2) is 45.7 Å². The van der Waals surface area contributed by atoms with Crippen molar-refractivity contribution in [2.75, 3.05) is 18.5 Å². The Morgan fingerprint density at radius 3 is 2.85 bits per heavy atom. The van der Waals surface area contributed by atoms with Gasteiger partial charge in [0.15, 0.2) is 0 Å². The van der Waals surface area contributed by atoms with Gasteiger partial charge in [-0.2, -0.15) is 0 Å². The zero-order valence-electron chi connectivity index (χ0n) is 14.3. The molecule has 26 heavy (non-hydrogen) atoms. The quantitative estimate of drug-likeness (QED) is 0.796. The van der Waals surface area contributed by atoms with Gasteiger partial charge in [-0.25, -0.2) is 4.98 Å². The molecule has 2 fully saturated rings. The van der Waals surface area contributed by atoms with Crippen LogP contribution in [0.3, 0.4) is 0 Å². The maximum atomic E-state index is 12.1. The van der Waals surface area contributed by atoms with Crippen LogP contribution in [0.15, 0.2) is 18.2 Å². The highest BCUT2D eigenvalue weighted by Gasteiger charge is 2.28. The minimum atomic E-state index is -0.240. The number of hydrogen-bond acceptors (Lipinski definition) is 5. The standard InChI is InChI=1S/C18H20N4O4/c23-15(7-8-22-16(24)5-6-17(22)25)19-11-3-4-12-13(10-11)21-18(20-12)14-2-1-9-26-14/h3-4,10,14H,1-2,5-9H2,(H,19,23)(H,20,21). The number of hydrogen-bond donors (Lipinski definition) is 2. The fraction of sp³-hybridized carbons (Fsp3) is 0.444. The summed E-state index contributed by atoms with van der Waals surface area (Å²) >= 11 is 0. The molecule has 2 saturated heterocycles. The van der Waals surface area contributed by atoms with Crippen molar-refractivity contribution in [2.45, 2.75) is 38.2 Å². The van der Waals surface area contributed by atoms with E-state index in [4.69, 9.17) is 4.74 Å². The Kier molecular flexibility index (Phi) is 4.42. The first kappa shape index (κ1) is 16.7. The average molecular weight is 356 g/mol. The fourth-order valence-corrected chi connectivity index (χ4v) is 3.36. The topological polar surface area (TPSA) is 104 Å².